The van der Waals surface area contributed by atoms with Crippen LogP contribution in [0.2, 0.25) is 0 Å². The van der Waals surface area contributed by atoms with Crippen LogP contribution in [0.4, 0.5) is 5.95 Å². The van der Waals surface area contributed by atoms with Gasteiger partial charge in [-0.3, -0.25) is 4.79 Å². The Kier molecular flexibility index (Phi) is 3.44. The van der Waals surface area contributed by atoms with Crippen molar-refractivity contribution < 1.29 is 0 Å². The lowest BCUT2D eigenvalue weighted by molar-refractivity contribution is 0.329. The minimum Gasteiger partial charge on any atom is -0.340 e. The van der Waals surface area contributed by atoms with E-state index in [1.165, 1.54) is 0 Å². The van der Waals surface area contributed by atoms with Crippen LogP contribution >= 0.6 is 15.9 Å². The van der Waals surface area contributed by atoms with Crippen LogP contribution in [0.3, 0.4) is 0 Å². The third kappa shape index (κ3) is 2.54. The average molecular weight is 362 g/mol. The van der Waals surface area contributed by atoms with Crippen molar-refractivity contribution >= 4 is 21.9 Å². The second kappa shape index (κ2) is 5.46. The quantitative estimate of drug-likeness (QED) is 0.827. The summed E-state index contributed by atoms with van der Waals surface area (Å²) in [5, 5.41) is 4.53. The molecule has 0 atom stereocenters. The van der Waals surface area contributed by atoms with Crippen LogP contribution in [0.15, 0.2) is 27.7 Å². The Bertz CT molecular complexity index is 752. The van der Waals surface area contributed by atoms with E-state index in [1.807, 2.05) is 0 Å². The zero-order valence-corrected chi connectivity index (χ0v) is 13.7. The van der Waals surface area contributed by atoms with E-state index < -0.39 is 0 Å². The minimum atomic E-state index is 0.0268. The second-order valence-electron chi connectivity index (χ2n) is 5.96. The van der Waals surface area contributed by atoms with Gasteiger partial charge in [-0.05, 0) is 40.8 Å². The third-order valence-corrected chi connectivity index (χ3v) is 4.71. The molecule has 0 amide bonds. The molecule has 1 fully saturated rings. The second-order valence-corrected chi connectivity index (χ2v) is 6.88. The first-order valence-electron chi connectivity index (χ1n) is 7.51. The molecular weight excluding hydrogens is 346 g/mol. The molecule has 0 bridgehead atoms. The maximum Gasteiger partial charge on any atom is 0.267 e. The van der Waals surface area contributed by atoms with Gasteiger partial charge < -0.3 is 4.90 Å². The number of nitrogens with zero attached hydrogens (tertiary/aromatic N) is 5. The van der Waals surface area contributed by atoms with Gasteiger partial charge in [0.2, 0.25) is 5.95 Å². The fourth-order valence-electron chi connectivity index (χ4n) is 3.13. The summed E-state index contributed by atoms with van der Waals surface area (Å²) >= 11 is 3.33. The van der Waals surface area contributed by atoms with Gasteiger partial charge in [0.1, 0.15) is 0 Å². The van der Waals surface area contributed by atoms with E-state index in [2.05, 4.69) is 35.9 Å². The van der Waals surface area contributed by atoms with Crippen LogP contribution in [0.5, 0.6) is 0 Å². The Hall–Kier alpha value is -1.76. The molecule has 6 nitrogen and oxygen atoms in total. The molecule has 2 aromatic heterocycles. The lowest BCUT2D eigenvalue weighted by Crippen LogP contribution is -2.50. The molecule has 4 rings (SSSR count). The molecule has 0 saturated carbocycles. The predicted octanol–water partition coefficient (Wildman–Crippen LogP) is 1.42. The van der Waals surface area contributed by atoms with E-state index >= 15 is 0 Å². The van der Waals surface area contributed by atoms with Crippen molar-refractivity contribution in [3.05, 3.63) is 44.5 Å². The standard InChI is InChI=1S/C15H16BrN5O/c16-12-5-17-15(18-6-12)20-7-10(8-20)9-21-14(22)4-11-2-1-3-13(11)19-21/h4-6,10H,1-3,7-9H2. The number of rotatable bonds is 3. The van der Waals surface area contributed by atoms with Gasteiger partial charge in [-0.1, -0.05) is 0 Å². The van der Waals surface area contributed by atoms with Gasteiger partial charge in [0, 0.05) is 37.5 Å². The summed E-state index contributed by atoms with van der Waals surface area (Å²) in [4.78, 5) is 22.8. The Labute approximate surface area is 136 Å². The van der Waals surface area contributed by atoms with Gasteiger partial charge >= 0.3 is 0 Å². The first-order valence-corrected chi connectivity index (χ1v) is 8.31. The van der Waals surface area contributed by atoms with Crippen molar-refractivity contribution in [2.75, 3.05) is 18.0 Å². The number of aromatic nitrogens is 4. The van der Waals surface area contributed by atoms with E-state index in [4.69, 9.17) is 0 Å². The van der Waals surface area contributed by atoms with Crippen LogP contribution in [0, 0.1) is 5.92 Å². The van der Waals surface area contributed by atoms with E-state index in [-0.39, 0.29) is 5.56 Å². The summed E-state index contributed by atoms with van der Waals surface area (Å²) in [6.07, 6.45) is 6.62. The van der Waals surface area contributed by atoms with E-state index in [0.29, 0.717) is 12.5 Å². The van der Waals surface area contributed by atoms with Gasteiger partial charge in [0.05, 0.1) is 16.7 Å². The highest BCUT2D eigenvalue weighted by molar-refractivity contribution is 9.10. The fraction of sp³-hybridized carbons (Fsp3) is 0.467. The Morgan fingerprint density at radius 3 is 2.77 bits per heavy atom. The highest BCUT2D eigenvalue weighted by Gasteiger charge is 2.29. The summed E-state index contributed by atoms with van der Waals surface area (Å²) in [6, 6.07) is 1.77. The molecule has 2 aromatic rings. The molecule has 0 aromatic carbocycles. The molecule has 3 heterocycles. The van der Waals surface area contributed by atoms with Gasteiger partial charge in [-0.2, -0.15) is 5.10 Å². The van der Waals surface area contributed by atoms with E-state index in [9.17, 15) is 4.79 Å². The molecule has 2 aliphatic rings. The average Bonchev–Trinajstić information content (AvgIpc) is 2.90. The smallest absolute Gasteiger partial charge is 0.267 e. The largest absolute Gasteiger partial charge is 0.340 e. The maximum atomic E-state index is 12.1. The van der Waals surface area contributed by atoms with Crippen molar-refractivity contribution in [2.24, 2.45) is 5.92 Å². The lowest BCUT2D eigenvalue weighted by atomic mass is 10.0. The molecule has 22 heavy (non-hydrogen) atoms. The molecule has 0 unspecified atom stereocenters. The van der Waals surface area contributed by atoms with Crippen molar-refractivity contribution in [3.8, 4) is 0 Å². The van der Waals surface area contributed by atoms with Crippen LogP contribution < -0.4 is 10.5 Å². The number of halogens is 1. The third-order valence-electron chi connectivity index (χ3n) is 4.30. The van der Waals surface area contributed by atoms with Crippen molar-refractivity contribution in [3.63, 3.8) is 0 Å². The number of hydrogen-bond acceptors (Lipinski definition) is 5. The SMILES string of the molecule is O=c1cc2c(nn1CC1CN(c3ncc(Br)cn3)C1)CCC2. The first kappa shape index (κ1) is 13.9. The number of aryl methyl sites for hydroxylation is 2. The Morgan fingerprint density at radius 1 is 1.23 bits per heavy atom. The maximum absolute atomic E-state index is 12.1. The zero-order chi connectivity index (χ0) is 15.1. The minimum absolute atomic E-state index is 0.0268. The van der Waals surface area contributed by atoms with Crippen LogP contribution in [-0.2, 0) is 19.4 Å². The van der Waals surface area contributed by atoms with Crippen molar-refractivity contribution in [1.29, 1.82) is 0 Å². The molecule has 0 spiro atoms. The molecule has 114 valence electrons. The van der Waals surface area contributed by atoms with Gasteiger partial charge in [0.15, 0.2) is 0 Å². The summed E-state index contributed by atoms with van der Waals surface area (Å²) in [7, 11) is 0. The molecular formula is C15H16BrN5O. The van der Waals surface area contributed by atoms with Crippen LogP contribution in [0.25, 0.3) is 0 Å². The van der Waals surface area contributed by atoms with Crippen molar-refractivity contribution in [1.82, 2.24) is 19.7 Å². The molecule has 1 aliphatic carbocycles. The number of anilines is 1. The predicted molar refractivity (Wildman–Crippen MR) is 86.0 cm³/mol. The Balaban J connectivity index is 1.42. The van der Waals surface area contributed by atoms with Gasteiger partial charge in [-0.15, -0.1) is 0 Å². The first-order chi connectivity index (χ1) is 10.7. The summed E-state index contributed by atoms with van der Waals surface area (Å²) in [5.41, 5.74) is 2.27. The summed E-state index contributed by atoms with van der Waals surface area (Å²) in [6.45, 7) is 2.42. The summed E-state index contributed by atoms with van der Waals surface area (Å²) < 4.78 is 2.51. The highest BCUT2D eigenvalue weighted by Crippen LogP contribution is 2.23. The van der Waals surface area contributed by atoms with Crippen LogP contribution in [0.1, 0.15) is 17.7 Å². The lowest BCUT2D eigenvalue weighted by Gasteiger charge is -2.39. The van der Waals surface area contributed by atoms with Crippen molar-refractivity contribution in [2.45, 2.75) is 25.8 Å². The molecule has 0 N–H and O–H groups in total. The topological polar surface area (TPSA) is 63.9 Å². The Morgan fingerprint density at radius 2 is 2.00 bits per heavy atom. The normalized spacial score (nSPS) is 17.4. The zero-order valence-electron chi connectivity index (χ0n) is 12.1. The number of fused-ring (bicyclic) bond motifs is 1. The number of hydrogen-bond donors (Lipinski definition) is 0. The van der Waals surface area contributed by atoms with Gasteiger partial charge in [0.25, 0.3) is 5.56 Å². The monoisotopic (exact) mass is 361 g/mol. The van der Waals surface area contributed by atoms with E-state index in [0.717, 1.165) is 54.0 Å². The fourth-order valence-corrected chi connectivity index (χ4v) is 3.34. The van der Waals surface area contributed by atoms with E-state index in [1.54, 1.807) is 23.1 Å². The van der Waals surface area contributed by atoms with Gasteiger partial charge in [-0.25, -0.2) is 14.6 Å². The van der Waals surface area contributed by atoms with Crippen LogP contribution in [-0.4, -0.2) is 32.8 Å². The molecule has 1 aliphatic heterocycles. The highest BCUT2D eigenvalue weighted by atomic mass is 79.9. The summed E-state index contributed by atoms with van der Waals surface area (Å²) in [5.74, 6) is 1.17. The molecule has 7 heteroatoms. The molecule has 0 radical (unpaired) electrons. The molecule has 1 saturated heterocycles.